The van der Waals surface area contributed by atoms with Gasteiger partial charge in [0.15, 0.2) is 5.16 Å². The number of hydrogen-bond acceptors (Lipinski definition) is 6. The molecule has 1 aromatic heterocycles. The van der Waals surface area contributed by atoms with E-state index in [-0.39, 0.29) is 11.7 Å². The third kappa shape index (κ3) is 5.17. The van der Waals surface area contributed by atoms with Gasteiger partial charge in [0.25, 0.3) is 0 Å². The molecule has 0 radical (unpaired) electrons. The number of benzene rings is 2. The van der Waals surface area contributed by atoms with Gasteiger partial charge in [-0.05, 0) is 43.0 Å². The molecule has 7 heteroatoms. The van der Waals surface area contributed by atoms with Gasteiger partial charge in [0.05, 0.1) is 18.4 Å². The minimum absolute atomic E-state index is 0.0293. The monoisotopic (exact) mass is 408 g/mol. The first-order chi connectivity index (χ1) is 14.2. The lowest BCUT2D eigenvalue weighted by molar-refractivity contribution is -0.118. The van der Waals surface area contributed by atoms with Crippen LogP contribution in [0.2, 0.25) is 0 Å². The maximum Gasteiger partial charge on any atom is 0.230 e. The topological polar surface area (TPSA) is 76.1 Å². The predicted octanol–water partition coefficient (Wildman–Crippen LogP) is 3.66. The van der Waals surface area contributed by atoms with Gasteiger partial charge in [0.2, 0.25) is 5.91 Å². The summed E-state index contributed by atoms with van der Waals surface area (Å²) in [5, 5.41) is 8.07. The van der Waals surface area contributed by atoms with E-state index < -0.39 is 0 Å². The van der Waals surface area contributed by atoms with Crippen molar-refractivity contribution in [1.29, 1.82) is 0 Å². The Kier molecular flexibility index (Phi) is 6.14. The summed E-state index contributed by atoms with van der Waals surface area (Å²) in [5.41, 5.74) is 1.97. The Labute approximate surface area is 174 Å². The number of para-hydroxylation sites is 2. The number of carbonyl (C=O) groups is 1. The molecular formula is C22H24N4O2S. The Morgan fingerprint density at radius 2 is 1.93 bits per heavy atom. The highest BCUT2D eigenvalue weighted by Gasteiger charge is 2.22. The fourth-order valence-corrected chi connectivity index (χ4v) is 3.76. The van der Waals surface area contributed by atoms with Crippen molar-refractivity contribution in [1.82, 2.24) is 15.3 Å². The van der Waals surface area contributed by atoms with Gasteiger partial charge in [-0.3, -0.25) is 4.79 Å². The first-order valence-electron chi connectivity index (χ1n) is 9.77. The lowest BCUT2D eigenvalue weighted by Crippen LogP contribution is -2.27. The molecule has 1 amide bonds. The van der Waals surface area contributed by atoms with Gasteiger partial charge in [-0.25, -0.2) is 9.97 Å². The highest BCUT2D eigenvalue weighted by molar-refractivity contribution is 7.99. The fraction of sp³-hybridized carbons (Fsp3) is 0.318. The molecule has 0 spiro atoms. The zero-order valence-corrected chi connectivity index (χ0v) is 17.2. The molecule has 0 aliphatic heterocycles. The number of methoxy groups -OCH3 is 1. The average Bonchev–Trinajstić information content (AvgIpc) is 3.57. The first kappa shape index (κ1) is 19.5. The standard InChI is InChI=1S/C22H24N4O2S/c1-28-19-9-5-2-6-15(19)12-13-23-20(27)14-29-22-25-18-8-4-3-7-17(18)21(26-22)24-16-10-11-16/h2-9,16H,10-14H2,1H3,(H,23,27)(H,24,25,26). The Bertz CT molecular complexity index is 1010. The molecule has 0 atom stereocenters. The number of rotatable bonds is 9. The number of fused-ring (bicyclic) bond motifs is 1. The van der Waals surface area contributed by atoms with Crippen LogP contribution < -0.4 is 15.4 Å². The SMILES string of the molecule is COc1ccccc1CCNC(=O)CSc1nc(NC2CC2)c2ccccc2n1. The van der Waals surface area contributed by atoms with E-state index in [0.717, 1.165) is 34.5 Å². The Hall–Kier alpha value is -2.80. The van der Waals surface area contributed by atoms with Gasteiger partial charge in [0.1, 0.15) is 11.6 Å². The van der Waals surface area contributed by atoms with E-state index in [2.05, 4.69) is 20.6 Å². The number of anilines is 1. The van der Waals surface area contributed by atoms with E-state index in [4.69, 9.17) is 4.74 Å². The first-order valence-corrected chi connectivity index (χ1v) is 10.8. The average molecular weight is 409 g/mol. The van der Waals surface area contributed by atoms with Gasteiger partial charge >= 0.3 is 0 Å². The summed E-state index contributed by atoms with van der Waals surface area (Å²) < 4.78 is 5.35. The van der Waals surface area contributed by atoms with E-state index in [1.807, 2.05) is 48.5 Å². The number of aromatic nitrogens is 2. The zero-order valence-electron chi connectivity index (χ0n) is 16.4. The highest BCUT2D eigenvalue weighted by atomic mass is 32.2. The molecule has 0 saturated heterocycles. The zero-order chi connectivity index (χ0) is 20.1. The summed E-state index contributed by atoms with van der Waals surface area (Å²) in [6.45, 7) is 0.562. The highest BCUT2D eigenvalue weighted by Crippen LogP contribution is 2.29. The predicted molar refractivity (Wildman–Crippen MR) is 117 cm³/mol. The van der Waals surface area contributed by atoms with Crippen LogP contribution in [0.25, 0.3) is 10.9 Å². The third-order valence-corrected chi connectivity index (χ3v) is 5.59. The van der Waals surface area contributed by atoms with Crippen LogP contribution in [0.1, 0.15) is 18.4 Å². The van der Waals surface area contributed by atoms with Crippen molar-refractivity contribution in [2.24, 2.45) is 0 Å². The molecule has 3 aromatic rings. The quantitative estimate of drug-likeness (QED) is 0.416. The number of hydrogen-bond donors (Lipinski definition) is 2. The van der Waals surface area contributed by atoms with Crippen LogP contribution in [0.15, 0.2) is 53.7 Å². The van der Waals surface area contributed by atoms with E-state index >= 15 is 0 Å². The number of nitrogens with zero attached hydrogens (tertiary/aromatic N) is 2. The second-order valence-electron chi connectivity index (χ2n) is 6.99. The molecule has 1 aliphatic rings. The maximum absolute atomic E-state index is 12.3. The number of thioether (sulfide) groups is 1. The molecule has 2 N–H and O–H groups in total. The summed E-state index contributed by atoms with van der Waals surface area (Å²) in [6, 6.07) is 16.3. The summed E-state index contributed by atoms with van der Waals surface area (Å²) in [4.78, 5) is 21.5. The van der Waals surface area contributed by atoms with Crippen LogP contribution >= 0.6 is 11.8 Å². The number of nitrogens with one attached hydrogen (secondary N) is 2. The van der Waals surface area contributed by atoms with Crippen LogP contribution in [0, 0.1) is 0 Å². The fourth-order valence-electron chi connectivity index (χ4n) is 3.08. The van der Waals surface area contributed by atoms with E-state index in [1.165, 1.54) is 24.6 Å². The van der Waals surface area contributed by atoms with Crippen LogP contribution in [0.3, 0.4) is 0 Å². The van der Waals surface area contributed by atoms with Crippen molar-refractivity contribution in [2.75, 3.05) is 24.7 Å². The van der Waals surface area contributed by atoms with Crippen LogP contribution in [0.4, 0.5) is 5.82 Å². The summed E-state index contributed by atoms with van der Waals surface area (Å²) >= 11 is 1.36. The van der Waals surface area contributed by atoms with Gasteiger partial charge < -0.3 is 15.4 Å². The molecule has 1 saturated carbocycles. The molecule has 6 nitrogen and oxygen atoms in total. The lowest BCUT2D eigenvalue weighted by atomic mass is 10.1. The van der Waals surface area contributed by atoms with E-state index in [1.54, 1.807) is 7.11 Å². The number of ether oxygens (including phenoxy) is 1. The molecule has 0 unspecified atom stereocenters. The van der Waals surface area contributed by atoms with Gasteiger partial charge in [-0.2, -0.15) is 0 Å². The van der Waals surface area contributed by atoms with Crippen LogP contribution in [0.5, 0.6) is 5.75 Å². The Morgan fingerprint density at radius 3 is 2.76 bits per heavy atom. The van der Waals surface area contributed by atoms with Gasteiger partial charge in [-0.1, -0.05) is 42.1 Å². The van der Waals surface area contributed by atoms with E-state index in [0.29, 0.717) is 17.7 Å². The third-order valence-electron chi connectivity index (χ3n) is 4.74. The van der Waals surface area contributed by atoms with Crippen molar-refractivity contribution in [3.63, 3.8) is 0 Å². The van der Waals surface area contributed by atoms with Crippen LogP contribution in [-0.4, -0.2) is 41.3 Å². The largest absolute Gasteiger partial charge is 0.496 e. The molecular weight excluding hydrogens is 384 g/mol. The molecule has 2 aromatic carbocycles. The Balaban J connectivity index is 1.33. The minimum atomic E-state index is -0.0293. The second kappa shape index (κ2) is 9.13. The second-order valence-corrected chi connectivity index (χ2v) is 7.93. The molecule has 0 bridgehead atoms. The van der Waals surface area contributed by atoms with E-state index in [9.17, 15) is 4.79 Å². The van der Waals surface area contributed by atoms with Crippen molar-refractivity contribution < 1.29 is 9.53 Å². The van der Waals surface area contributed by atoms with Gasteiger partial charge in [0, 0.05) is 18.0 Å². The number of carbonyl (C=O) groups excluding carboxylic acids is 1. The van der Waals surface area contributed by atoms with Crippen molar-refractivity contribution >= 4 is 34.4 Å². The molecule has 1 fully saturated rings. The van der Waals surface area contributed by atoms with Crippen molar-refractivity contribution in [3.05, 3.63) is 54.1 Å². The normalized spacial score (nSPS) is 13.3. The van der Waals surface area contributed by atoms with Crippen LogP contribution in [-0.2, 0) is 11.2 Å². The summed E-state index contributed by atoms with van der Waals surface area (Å²) in [6.07, 6.45) is 3.08. The Morgan fingerprint density at radius 1 is 1.14 bits per heavy atom. The van der Waals surface area contributed by atoms with Crippen molar-refractivity contribution in [2.45, 2.75) is 30.5 Å². The minimum Gasteiger partial charge on any atom is -0.496 e. The number of amides is 1. The van der Waals surface area contributed by atoms with Gasteiger partial charge in [-0.15, -0.1) is 0 Å². The molecule has 4 rings (SSSR count). The lowest BCUT2D eigenvalue weighted by Gasteiger charge is -2.10. The van der Waals surface area contributed by atoms with Crippen molar-refractivity contribution in [3.8, 4) is 5.75 Å². The summed E-state index contributed by atoms with van der Waals surface area (Å²) in [5.74, 6) is 1.96. The smallest absolute Gasteiger partial charge is 0.230 e. The summed E-state index contributed by atoms with van der Waals surface area (Å²) in [7, 11) is 1.66. The molecule has 1 heterocycles. The maximum atomic E-state index is 12.3. The molecule has 29 heavy (non-hydrogen) atoms. The molecule has 150 valence electrons. The molecule has 1 aliphatic carbocycles.